The average molecular weight is 203 g/mol. The van der Waals surface area contributed by atoms with Crippen molar-refractivity contribution in [3.63, 3.8) is 0 Å². The van der Waals surface area contributed by atoms with Crippen LogP contribution in [0.5, 0.6) is 0 Å². The van der Waals surface area contributed by atoms with Crippen molar-refractivity contribution >= 4 is 12.6 Å². The number of nitrogens with one attached hydrogen (secondary N) is 1. The molecule has 0 rings (SSSR count). The summed E-state index contributed by atoms with van der Waals surface area (Å²) in [6.07, 6.45) is 6.57. The van der Waals surface area contributed by atoms with Crippen molar-refractivity contribution in [1.29, 1.82) is 0 Å². The first-order chi connectivity index (χ1) is 6.35. The van der Waals surface area contributed by atoms with Gasteiger partial charge in [0.15, 0.2) is 0 Å². The normalized spacial score (nSPS) is 13.2. The zero-order chi connectivity index (χ0) is 9.94. The van der Waals surface area contributed by atoms with Gasteiger partial charge >= 0.3 is 0 Å². The van der Waals surface area contributed by atoms with Crippen LogP contribution in [0.4, 0.5) is 0 Å². The number of hydrogen-bond acceptors (Lipinski definition) is 2. The van der Waals surface area contributed by atoms with Crippen LogP contribution in [-0.4, -0.2) is 18.8 Å². The molecule has 1 nitrogen and oxygen atoms in total. The standard InChI is InChI=1S/C11H25NS/c1-3-5-7-11(10-13)9-12-8-6-4-2/h11-13H,3-10H2,1-2H3. The second-order valence-corrected chi connectivity index (χ2v) is 4.11. The molecule has 0 saturated heterocycles. The first-order valence-corrected chi connectivity index (χ1v) is 6.29. The molecule has 0 radical (unpaired) electrons. The molecule has 1 atom stereocenters. The second kappa shape index (κ2) is 10.4. The quantitative estimate of drug-likeness (QED) is 0.433. The summed E-state index contributed by atoms with van der Waals surface area (Å²) in [5.74, 6) is 1.80. The van der Waals surface area contributed by atoms with Crippen LogP contribution in [0.15, 0.2) is 0 Å². The summed E-state index contributed by atoms with van der Waals surface area (Å²) in [5.41, 5.74) is 0. The molecule has 0 saturated carbocycles. The van der Waals surface area contributed by atoms with E-state index in [1.807, 2.05) is 0 Å². The maximum atomic E-state index is 4.37. The van der Waals surface area contributed by atoms with Crippen molar-refractivity contribution in [3.05, 3.63) is 0 Å². The van der Waals surface area contributed by atoms with E-state index in [2.05, 4.69) is 31.8 Å². The van der Waals surface area contributed by atoms with E-state index in [0.717, 1.165) is 18.2 Å². The van der Waals surface area contributed by atoms with Crippen LogP contribution >= 0.6 is 12.6 Å². The molecule has 0 fully saturated rings. The molecule has 0 amide bonds. The molecule has 0 spiro atoms. The number of unbranched alkanes of at least 4 members (excludes halogenated alkanes) is 2. The van der Waals surface area contributed by atoms with Gasteiger partial charge in [-0.25, -0.2) is 0 Å². The van der Waals surface area contributed by atoms with E-state index in [1.54, 1.807) is 0 Å². The summed E-state index contributed by atoms with van der Waals surface area (Å²) >= 11 is 4.37. The summed E-state index contributed by atoms with van der Waals surface area (Å²) in [5, 5.41) is 3.50. The Morgan fingerprint density at radius 2 is 1.85 bits per heavy atom. The van der Waals surface area contributed by atoms with Crippen LogP contribution < -0.4 is 5.32 Å². The molecule has 13 heavy (non-hydrogen) atoms. The van der Waals surface area contributed by atoms with Crippen molar-refractivity contribution in [3.8, 4) is 0 Å². The Balaban J connectivity index is 3.25. The maximum absolute atomic E-state index is 4.37. The minimum absolute atomic E-state index is 0.778. The Labute approximate surface area is 89.1 Å². The third-order valence-corrected chi connectivity index (χ3v) is 2.88. The molecule has 0 aromatic rings. The lowest BCUT2D eigenvalue weighted by Crippen LogP contribution is -2.24. The SMILES string of the molecule is CCCCNCC(CS)CCCC. The Bertz CT molecular complexity index is 96.1. The maximum Gasteiger partial charge on any atom is -0.00127 e. The topological polar surface area (TPSA) is 12.0 Å². The molecule has 1 unspecified atom stereocenters. The van der Waals surface area contributed by atoms with Gasteiger partial charge in [-0.3, -0.25) is 0 Å². The van der Waals surface area contributed by atoms with Gasteiger partial charge in [-0.15, -0.1) is 0 Å². The van der Waals surface area contributed by atoms with Gasteiger partial charge in [-0.2, -0.15) is 12.6 Å². The van der Waals surface area contributed by atoms with E-state index in [0.29, 0.717) is 0 Å². The van der Waals surface area contributed by atoms with Crippen LogP contribution in [-0.2, 0) is 0 Å². The monoisotopic (exact) mass is 203 g/mol. The highest BCUT2D eigenvalue weighted by Crippen LogP contribution is 2.08. The first-order valence-electron chi connectivity index (χ1n) is 5.66. The lowest BCUT2D eigenvalue weighted by atomic mass is 10.0. The van der Waals surface area contributed by atoms with Gasteiger partial charge in [0.25, 0.3) is 0 Å². The van der Waals surface area contributed by atoms with E-state index in [1.165, 1.54) is 38.6 Å². The smallest absolute Gasteiger partial charge is 0.00127 e. The van der Waals surface area contributed by atoms with Crippen molar-refractivity contribution < 1.29 is 0 Å². The van der Waals surface area contributed by atoms with Crippen molar-refractivity contribution in [2.24, 2.45) is 5.92 Å². The third-order valence-electron chi connectivity index (χ3n) is 2.36. The highest BCUT2D eigenvalue weighted by molar-refractivity contribution is 7.80. The Kier molecular flexibility index (Phi) is 10.6. The van der Waals surface area contributed by atoms with Gasteiger partial charge in [-0.05, 0) is 37.6 Å². The number of hydrogen-bond donors (Lipinski definition) is 2. The lowest BCUT2D eigenvalue weighted by Gasteiger charge is -2.14. The Morgan fingerprint density at radius 3 is 2.38 bits per heavy atom. The molecular formula is C11H25NS. The van der Waals surface area contributed by atoms with Crippen LogP contribution in [0.2, 0.25) is 0 Å². The lowest BCUT2D eigenvalue weighted by molar-refractivity contribution is 0.468. The van der Waals surface area contributed by atoms with E-state index < -0.39 is 0 Å². The van der Waals surface area contributed by atoms with Crippen LogP contribution in [0.3, 0.4) is 0 Å². The predicted octanol–water partition coefficient (Wildman–Crippen LogP) is 3.11. The highest BCUT2D eigenvalue weighted by Gasteiger charge is 2.04. The fourth-order valence-electron chi connectivity index (χ4n) is 1.36. The average Bonchev–Trinajstić information content (AvgIpc) is 2.17. The van der Waals surface area contributed by atoms with Crippen LogP contribution in [0.1, 0.15) is 46.0 Å². The molecule has 0 bridgehead atoms. The largest absolute Gasteiger partial charge is 0.316 e. The summed E-state index contributed by atoms with van der Waals surface area (Å²) in [6, 6.07) is 0. The second-order valence-electron chi connectivity index (χ2n) is 3.75. The van der Waals surface area contributed by atoms with Crippen LogP contribution in [0, 0.1) is 5.92 Å². The number of thiol groups is 1. The van der Waals surface area contributed by atoms with E-state index in [4.69, 9.17) is 0 Å². The molecule has 1 N–H and O–H groups in total. The molecule has 2 heteroatoms. The Hall–Kier alpha value is 0.310. The summed E-state index contributed by atoms with van der Waals surface area (Å²) in [4.78, 5) is 0. The van der Waals surface area contributed by atoms with Crippen LogP contribution in [0.25, 0.3) is 0 Å². The minimum Gasteiger partial charge on any atom is -0.316 e. The highest BCUT2D eigenvalue weighted by atomic mass is 32.1. The van der Waals surface area contributed by atoms with E-state index >= 15 is 0 Å². The summed E-state index contributed by atoms with van der Waals surface area (Å²) in [7, 11) is 0. The molecule has 0 aromatic carbocycles. The third kappa shape index (κ3) is 8.63. The molecular weight excluding hydrogens is 178 g/mol. The van der Waals surface area contributed by atoms with Gasteiger partial charge in [0.1, 0.15) is 0 Å². The summed E-state index contributed by atoms with van der Waals surface area (Å²) < 4.78 is 0. The zero-order valence-electron chi connectivity index (χ0n) is 9.18. The van der Waals surface area contributed by atoms with E-state index in [-0.39, 0.29) is 0 Å². The van der Waals surface area contributed by atoms with Gasteiger partial charge in [0.05, 0.1) is 0 Å². The molecule has 0 aliphatic rings. The zero-order valence-corrected chi connectivity index (χ0v) is 10.1. The molecule has 0 aliphatic carbocycles. The fraction of sp³-hybridized carbons (Fsp3) is 1.00. The van der Waals surface area contributed by atoms with Crippen molar-refractivity contribution in [1.82, 2.24) is 5.32 Å². The molecule has 80 valence electrons. The summed E-state index contributed by atoms with van der Waals surface area (Å²) in [6.45, 7) is 6.81. The van der Waals surface area contributed by atoms with E-state index in [9.17, 15) is 0 Å². The van der Waals surface area contributed by atoms with Gasteiger partial charge in [0, 0.05) is 0 Å². The Morgan fingerprint density at radius 1 is 1.15 bits per heavy atom. The molecule has 0 aromatic heterocycles. The van der Waals surface area contributed by atoms with Gasteiger partial charge in [0.2, 0.25) is 0 Å². The molecule has 0 aliphatic heterocycles. The number of rotatable bonds is 9. The van der Waals surface area contributed by atoms with Crippen molar-refractivity contribution in [2.45, 2.75) is 46.0 Å². The molecule has 0 heterocycles. The van der Waals surface area contributed by atoms with Gasteiger partial charge < -0.3 is 5.32 Å². The fourth-order valence-corrected chi connectivity index (χ4v) is 1.67. The van der Waals surface area contributed by atoms with Crippen molar-refractivity contribution in [2.75, 3.05) is 18.8 Å². The predicted molar refractivity (Wildman–Crippen MR) is 64.6 cm³/mol. The first kappa shape index (κ1) is 13.3. The minimum atomic E-state index is 0.778. The van der Waals surface area contributed by atoms with Gasteiger partial charge in [-0.1, -0.05) is 33.1 Å².